The molecule has 0 unspecified atom stereocenters. The summed E-state index contributed by atoms with van der Waals surface area (Å²) in [7, 11) is 0. The Balaban J connectivity index is 1.16. The monoisotopic (exact) mass is 559 g/mol. The first-order valence-corrected chi connectivity index (χ1v) is 14.9. The first kappa shape index (κ1) is 24.6. The summed E-state index contributed by atoms with van der Waals surface area (Å²) in [5.74, 6) is 0. The third-order valence-corrected chi connectivity index (χ3v) is 8.67. The van der Waals surface area contributed by atoms with Crippen molar-refractivity contribution in [2.45, 2.75) is 0 Å². The lowest BCUT2D eigenvalue weighted by Gasteiger charge is -2.12. The van der Waals surface area contributed by atoms with Gasteiger partial charge < -0.3 is 0 Å². The number of rotatable bonds is 3. The molecule has 0 aliphatic rings. The van der Waals surface area contributed by atoms with E-state index in [4.69, 9.17) is 9.97 Å². The highest BCUT2D eigenvalue weighted by Crippen LogP contribution is 2.36. The molecule has 0 aliphatic heterocycles. The molecule has 0 saturated carbocycles. The van der Waals surface area contributed by atoms with Crippen LogP contribution >= 0.6 is 0 Å². The zero-order valence-corrected chi connectivity index (χ0v) is 23.8. The van der Waals surface area contributed by atoms with Crippen molar-refractivity contribution in [1.29, 1.82) is 0 Å². The van der Waals surface area contributed by atoms with Gasteiger partial charge in [0.05, 0.1) is 27.9 Å². The topological polar surface area (TPSA) is 38.7 Å². The van der Waals surface area contributed by atoms with Crippen molar-refractivity contribution in [3.8, 4) is 33.6 Å². The number of pyridine rings is 3. The van der Waals surface area contributed by atoms with Gasteiger partial charge in [0.25, 0.3) is 0 Å². The maximum atomic E-state index is 5.16. The highest BCUT2D eigenvalue weighted by molar-refractivity contribution is 6.14. The summed E-state index contributed by atoms with van der Waals surface area (Å²) in [4.78, 5) is 14.9. The van der Waals surface area contributed by atoms with E-state index >= 15 is 0 Å². The van der Waals surface area contributed by atoms with Gasteiger partial charge in [-0.05, 0) is 69.1 Å². The zero-order chi connectivity index (χ0) is 29.0. The first-order valence-electron chi connectivity index (χ1n) is 14.9. The van der Waals surface area contributed by atoms with Crippen molar-refractivity contribution in [1.82, 2.24) is 15.0 Å². The van der Waals surface area contributed by atoms with Gasteiger partial charge in [-0.2, -0.15) is 0 Å². The van der Waals surface area contributed by atoms with Gasteiger partial charge in [-0.15, -0.1) is 0 Å². The van der Waals surface area contributed by atoms with E-state index in [0.29, 0.717) is 0 Å². The van der Waals surface area contributed by atoms with E-state index in [0.717, 1.165) is 60.8 Å². The Morgan fingerprint density at radius 2 is 1.00 bits per heavy atom. The highest BCUT2D eigenvalue weighted by atomic mass is 14.7. The first-order chi connectivity index (χ1) is 21.8. The van der Waals surface area contributed by atoms with Gasteiger partial charge in [-0.3, -0.25) is 4.98 Å². The van der Waals surface area contributed by atoms with Crippen LogP contribution in [0.2, 0.25) is 0 Å². The number of fused-ring (bicyclic) bond motifs is 6. The quantitative estimate of drug-likeness (QED) is 0.202. The molecule has 3 nitrogen and oxygen atoms in total. The zero-order valence-electron chi connectivity index (χ0n) is 23.8. The maximum Gasteiger partial charge on any atom is 0.0795 e. The number of benzene rings is 6. The SMILES string of the molecule is c1cnc2c(-c3ccc4ccc(-c5ccc6ccc(-c7cc8ccccc8c8ccccc78)cc6n5)cc4n3)cccc2c1. The van der Waals surface area contributed by atoms with E-state index < -0.39 is 0 Å². The fraction of sp³-hybridized carbons (Fsp3) is 0. The number of para-hydroxylation sites is 1. The van der Waals surface area contributed by atoms with Crippen LogP contribution < -0.4 is 0 Å². The molecule has 0 fully saturated rings. The molecule has 0 radical (unpaired) electrons. The maximum absolute atomic E-state index is 5.16. The van der Waals surface area contributed by atoms with Crippen LogP contribution in [0.1, 0.15) is 0 Å². The summed E-state index contributed by atoms with van der Waals surface area (Å²) in [6.07, 6.45) is 1.84. The molecule has 0 amide bonds. The van der Waals surface area contributed by atoms with Crippen LogP contribution in [0.4, 0.5) is 0 Å². The van der Waals surface area contributed by atoms with Crippen molar-refractivity contribution in [2.75, 3.05) is 0 Å². The molecule has 3 heterocycles. The summed E-state index contributed by atoms with van der Waals surface area (Å²) in [6.45, 7) is 0. The largest absolute Gasteiger partial charge is 0.256 e. The summed E-state index contributed by atoms with van der Waals surface area (Å²) >= 11 is 0. The van der Waals surface area contributed by atoms with E-state index in [2.05, 4.69) is 145 Å². The minimum atomic E-state index is 0.915. The van der Waals surface area contributed by atoms with Crippen molar-refractivity contribution < 1.29 is 0 Å². The Hall–Kier alpha value is -5.93. The average Bonchev–Trinajstić information content (AvgIpc) is 3.10. The van der Waals surface area contributed by atoms with Crippen molar-refractivity contribution >= 4 is 54.3 Å². The van der Waals surface area contributed by atoms with Gasteiger partial charge in [-0.25, -0.2) is 9.97 Å². The van der Waals surface area contributed by atoms with Crippen LogP contribution in [0.5, 0.6) is 0 Å². The lowest BCUT2D eigenvalue weighted by molar-refractivity contribution is 1.36. The molecule has 9 aromatic rings. The van der Waals surface area contributed by atoms with E-state index in [1.165, 1.54) is 27.1 Å². The van der Waals surface area contributed by atoms with Gasteiger partial charge in [-0.1, -0.05) is 109 Å². The van der Waals surface area contributed by atoms with Crippen LogP contribution in [-0.4, -0.2) is 15.0 Å². The van der Waals surface area contributed by atoms with Crippen LogP contribution in [0.25, 0.3) is 87.9 Å². The molecule has 0 atom stereocenters. The Kier molecular flexibility index (Phi) is 5.50. The lowest BCUT2D eigenvalue weighted by Crippen LogP contribution is -1.91. The summed E-state index contributed by atoms with van der Waals surface area (Å²) in [6, 6.07) is 51.4. The predicted molar refractivity (Wildman–Crippen MR) is 184 cm³/mol. The van der Waals surface area contributed by atoms with Crippen LogP contribution in [0.3, 0.4) is 0 Å². The fourth-order valence-corrected chi connectivity index (χ4v) is 6.48. The summed E-state index contributed by atoms with van der Waals surface area (Å²) < 4.78 is 0. The van der Waals surface area contributed by atoms with E-state index in [1.54, 1.807) is 0 Å². The van der Waals surface area contributed by atoms with E-state index in [1.807, 2.05) is 12.3 Å². The molecule has 3 aromatic heterocycles. The van der Waals surface area contributed by atoms with Gasteiger partial charge in [0, 0.05) is 33.5 Å². The molecular formula is C41H25N3. The van der Waals surface area contributed by atoms with Crippen LogP contribution in [-0.2, 0) is 0 Å². The smallest absolute Gasteiger partial charge is 0.0795 e. The molecule has 44 heavy (non-hydrogen) atoms. The van der Waals surface area contributed by atoms with Gasteiger partial charge in [0.2, 0.25) is 0 Å². The molecule has 0 aliphatic carbocycles. The Morgan fingerprint density at radius 1 is 0.364 bits per heavy atom. The molecule has 204 valence electrons. The normalized spacial score (nSPS) is 11.6. The molecule has 0 bridgehead atoms. The second kappa shape index (κ2) is 9.82. The Labute approximate surface area is 254 Å². The van der Waals surface area contributed by atoms with Crippen LogP contribution in [0.15, 0.2) is 152 Å². The summed E-state index contributed by atoms with van der Waals surface area (Å²) in [5, 5.41) is 8.36. The Morgan fingerprint density at radius 3 is 1.86 bits per heavy atom. The number of hydrogen-bond acceptors (Lipinski definition) is 3. The molecule has 0 N–H and O–H groups in total. The lowest BCUT2D eigenvalue weighted by atomic mass is 9.93. The molecule has 3 heteroatoms. The third kappa shape index (κ3) is 4.02. The minimum Gasteiger partial charge on any atom is -0.256 e. The molecule has 6 aromatic carbocycles. The number of hydrogen-bond donors (Lipinski definition) is 0. The van der Waals surface area contributed by atoms with Gasteiger partial charge >= 0.3 is 0 Å². The standard InChI is InChI=1S/C41H25N3/c1-2-10-32-29(7-1)23-36(34-12-4-3-11-33(32)34)30-16-14-26-18-20-37(43-39(26)24-30)31-17-15-27-19-21-38(44-40(27)25-31)35-13-5-8-28-9-6-22-42-41(28)35/h1-25H. The predicted octanol–water partition coefficient (Wildman–Crippen LogP) is 10.6. The second-order valence-electron chi connectivity index (χ2n) is 11.3. The van der Waals surface area contributed by atoms with Crippen LogP contribution in [0, 0.1) is 0 Å². The summed E-state index contributed by atoms with van der Waals surface area (Å²) in [5.41, 5.74) is 9.18. The number of nitrogens with zero attached hydrogens (tertiary/aromatic N) is 3. The fourth-order valence-electron chi connectivity index (χ4n) is 6.48. The minimum absolute atomic E-state index is 0.915. The average molecular weight is 560 g/mol. The Bertz CT molecular complexity index is 2560. The third-order valence-electron chi connectivity index (χ3n) is 8.67. The second-order valence-corrected chi connectivity index (χ2v) is 11.3. The highest BCUT2D eigenvalue weighted by Gasteiger charge is 2.12. The molecular weight excluding hydrogens is 534 g/mol. The molecule has 0 saturated heterocycles. The van der Waals surface area contributed by atoms with Crippen molar-refractivity contribution in [2.24, 2.45) is 0 Å². The molecule has 0 spiro atoms. The van der Waals surface area contributed by atoms with Gasteiger partial charge in [0.1, 0.15) is 0 Å². The van der Waals surface area contributed by atoms with E-state index in [-0.39, 0.29) is 0 Å². The van der Waals surface area contributed by atoms with Gasteiger partial charge in [0.15, 0.2) is 0 Å². The van der Waals surface area contributed by atoms with Crippen molar-refractivity contribution in [3.63, 3.8) is 0 Å². The molecule has 9 rings (SSSR count). The van der Waals surface area contributed by atoms with E-state index in [9.17, 15) is 0 Å². The van der Waals surface area contributed by atoms with Crippen molar-refractivity contribution in [3.05, 3.63) is 152 Å². The number of aromatic nitrogens is 3.